The maximum absolute atomic E-state index is 13.4. The largest absolute Gasteiger partial charge is 0.377 e. The van der Waals surface area contributed by atoms with Crippen LogP contribution in [0, 0.1) is 5.82 Å². The van der Waals surface area contributed by atoms with Crippen LogP contribution in [0.5, 0.6) is 0 Å². The number of rotatable bonds is 6. The molecule has 30 heavy (non-hydrogen) atoms. The van der Waals surface area contributed by atoms with Crippen LogP contribution < -0.4 is 10.2 Å². The average molecular weight is 412 g/mol. The van der Waals surface area contributed by atoms with Crippen LogP contribution in [0.4, 0.5) is 15.8 Å². The molecule has 0 saturated heterocycles. The van der Waals surface area contributed by atoms with E-state index in [0.717, 1.165) is 36.9 Å². The van der Waals surface area contributed by atoms with Gasteiger partial charge < -0.3 is 15.1 Å². The second kappa shape index (κ2) is 9.74. The summed E-state index contributed by atoms with van der Waals surface area (Å²) < 4.78 is 13.4. The number of nitrogens with zero attached hydrogens (tertiary/aromatic N) is 2. The van der Waals surface area contributed by atoms with Crippen molar-refractivity contribution in [1.82, 2.24) is 4.90 Å². The highest BCUT2D eigenvalue weighted by Crippen LogP contribution is 2.29. The average Bonchev–Trinajstić information content (AvgIpc) is 2.72. The minimum Gasteiger partial charge on any atom is -0.377 e. The summed E-state index contributed by atoms with van der Waals surface area (Å²) in [7, 11) is 3.92. The third kappa shape index (κ3) is 5.38. The molecular weight excluding hydrogens is 381 g/mol. The molecule has 5 nitrogen and oxygen atoms in total. The molecule has 3 rings (SSSR count). The quantitative estimate of drug-likeness (QED) is 0.741. The number of hydrogen-bond acceptors (Lipinski definition) is 3. The van der Waals surface area contributed by atoms with E-state index in [0.29, 0.717) is 12.2 Å². The Morgan fingerprint density at radius 2 is 1.80 bits per heavy atom. The van der Waals surface area contributed by atoms with Gasteiger partial charge in [-0.25, -0.2) is 4.39 Å². The Kier molecular flexibility index (Phi) is 7.08. The van der Waals surface area contributed by atoms with Crippen LogP contribution in [0.3, 0.4) is 0 Å². The smallest absolute Gasteiger partial charge is 0.255 e. The Bertz CT molecular complexity index is 907. The molecule has 6 heteroatoms. The second-order valence-electron chi connectivity index (χ2n) is 8.14. The molecule has 1 N–H and O–H groups in total. The summed E-state index contributed by atoms with van der Waals surface area (Å²) in [6.45, 7) is 2.12. The van der Waals surface area contributed by atoms with Crippen LogP contribution in [0.2, 0.25) is 0 Å². The molecule has 2 aromatic rings. The van der Waals surface area contributed by atoms with Gasteiger partial charge in [0.25, 0.3) is 5.91 Å². The number of benzene rings is 2. The lowest BCUT2D eigenvalue weighted by molar-refractivity contribution is -0.132. The Morgan fingerprint density at radius 1 is 1.07 bits per heavy atom. The zero-order chi connectivity index (χ0) is 21.7. The maximum Gasteiger partial charge on any atom is 0.255 e. The molecule has 2 aromatic carbocycles. The summed E-state index contributed by atoms with van der Waals surface area (Å²) in [4.78, 5) is 28.9. The summed E-state index contributed by atoms with van der Waals surface area (Å²) in [5, 5.41) is 2.85. The van der Waals surface area contributed by atoms with Crippen molar-refractivity contribution < 1.29 is 14.0 Å². The predicted octanol–water partition coefficient (Wildman–Crippen LogP) is 4.83. The zero-order valence-electron chi connectivity index (χ0n) is 18.0. The maximum atomic E-state index is 13.4. The van der Waals surface area contributed by atoms with E-state index in [1.54, 1.807) is 13.0 Å². The molecule has 1 aliphatic rings. The van der Waals surface area contributed by atoms with Crippen molar-refractivity contribution in [3.8, 4) is 0 Å². The van der Waals surface area contributed by atoms with E-state index in [4.69, 9.17) is 0 Å². The van der Waals surface area contributed by atoms with E-state index in [-0.39, 0.29) is 23.4 Å². The number of nitrogens with one attached hydrogen (secondary N) is 1. The van der Waals surface area contributed by atoms with Gasteiger partial charge in [0.2, 0.25) is 5.91 Å². The van der Waals surface area contributed by atoms with E-state index in [9.17, 15) is 14.0 Å². The number of carbonyl (C=O) groups excluding carboxylic acids is 2. The van der Waals surface area contributed by atoms with Gasteiger partial charge in [-0.15, -0.1) is 0 Å². The van der Waals surface area contributed by atoms with Crippen molar-refractivity contribution in [2.45, 2.75) is 51.6 Å². The van der Waals surface area contributed by atoms with E-state index in [1.807, 2.05) is 42.1 Å². The molecule has 2 amide bonds. The lowest BCUT2D eigenvalue weighted by Crippen LogP contribution is -2.39. The zero-order valence-corrected chi connectivity index (χ0v) is 18.0. The first-order chi connectivity index (χ1) is 14.3. The normalized spacial score (nSPS) is 14.3. The lowest BCUT2D eigenvalue weighted by Gasteiger charge is -2.34. The fourth-order valence-corrected chi connectivity index (χ4v) is 4.13. The van der Waals surface area contributed by atoms with Crippen LogP contribution >= 0.6 is 0 Å². The van der Waals surface area contributed by atoms with Crippen LogP contribution in [0.1, 0.15) is 54.9 Å². The van der Waals surface area contributed by atoms with Gasteiger partial charge >= 0.3 is 0 Å². The third-order valence-corrected chi connectivity index (χ3v) is 5.67. The van der Waals surface area contributed by atoms with Crippen molar-refractivity contribution in [1.29, 1.82) is 0 Å². The van der Waals surface area contributed by atoms with Crippen LogP contribution in [0.15, 0.2) is 42.5 Å². The molecule has 0 atom stereocenters. The summed E-state index contributed by atoms with van der Waals surface area (Å²) in [5.74, 6) is -0.745. The number of carbonyl (C=O) groups is 2. The number of halogens is 1. The molecular formula is C24H30FN3O2. The van der Waals surface area contributed by atoms with Gasteiger partial charge in [0.1, 0.15) is 5.82 Å². The molecule has 1 fully saturated rings. The summed E-state index contributed by atoms with van der Waals surface area (Å²) >= 11 is 0. The van der Waals surface area contributed by atoms with Gasteiger partial charge in [0.05, 0.1) is 0 Å². The number of amides is 2. The highest BCUT2D eigenvalue weighted by atomic mass is 19.1. The SMILES string of the molecule is CC(=O)N(Cc1cc(NC(=O)c2cccc(F)c2)ccc1N(C)C)C1CCCCC1. The third-order valence-electron chi connectivity index (χ3n) is 5.67. The first-order valence-electron chi connectivity index (χ1n) is 10.5. The topological polar surface area (TPSA) is 52.7 Å². The Hall–Kier alpha value is -2.89. The molecule has 1 saturated carbocycles. The summed E-state index contributed by atoms with van der Waals surface area (Å²) in [6, 6.07) is 11.5. The van der Waals surface area contributed by atoms with Crippen LogP contribution in [-0.4, -0.2) is 36.9 Å². The highest BCUT2D eigenvalue weighted by molar-refractivity contribution is 6.04. The van der Waals surface area contributed by atoms with E-state index in [2.05, 4.69) is 5.32 Å². The summed E-state index contributed by atoms with van der Waals surface area (Å²) in [5.41, 5.74) is 2.86. The first-order valence-corrected chi connectivity index (χ1v) is 10.5. The summed E-state index contributed by atoms with van der Waals surface area (Å²) in [6.07, 6.45) is 5.60. The minimum atomic E-state index is -0.448. The van der Waals surface area contributed by atoms with Crippen LogP contribution in [-0.2, 0) is 11.3 Å². The monoisotopic (exact) mass is 411 g/mol. The van der Waals surface area contributed by atoms with E-state index in [1.165, 1.54) is 24.6 Å². The number of hydrogen-bond donors (Lipinski definition) is 1. The lowest BCUT2D eigenvalue weighted by atomic mass is 9.93. The van der Waals surface area contributed by atoms with Gasteiger partial charge in [-0.2, -0.15) is 0 Å². The van der Waals surface area contributed by atoms with Crippen LogP contribution in [0.25, 0.3) is 0 Å². The fourth-order valence-electron chi connectivity index (χ4n) is 4.13. The first kappa shape index (κ1) is 21.8. The van der Waals surface area contributed by atoms with Crippen molar-refractivity contribution >= 4 is 23.2 Å². The Labute approximate surface area is 177 Å². The molecule has 0 bridgehead atoms. The fraction of sp³-hybridized carbons (Fsp3) is 0.417. The van der Waals surface area contributed by atoms with Crippen molar-refractivity contribution in [2.75, 3.05) is 24.3 Å². The van der Waals surface area contributed by atoms with E-state index < -0.39 is 5.82 Å². The molecule has 1 aliphatic carbocycles. The van der Waals surface area contributed by atoms with Gasteiger partial charge in [0, 0.05) is 50.5 Å². The Balaban J connectivity index is 1.84. The molecule has 0 radical (unpaired) electrons. The van der Waals surface area contributed by atoms with Crippen molar-refractivity contribution in [2.24, 2.45) is 0 Å². The second-order valence-corrected chi connectivity index (χ2v) is 8.14. The molecule has 0 aliphatic heterocycles. The minimum absolute atomic E-state index is 0.0702. The van der Waals surface area contributed by atoms with Gasteiger partial charge in [-0.1, -0.05) is 25.3 Å². The molecule has 160 valence electrons. The van der Waals surface area contributed by atoms with Crippen molar-refractivity contribution in [3.05, 3.63) is 59.4 Å². The molecule has 0 unspecified atom stereocenters. The van der Waals surface area contributed by atoms with Gasteiger partial charge in [-0.3, -0.25) is 9.59 Å². The predicted molar refractivity (Wildman–Crippen MR) is 118 cm³/mol. The molecule has 0 heterocycles. The standard InChI is InChI=1S/C24H30FN3O2/c1-17(29)28(22-10-5-4-6-11-22)16-19-15-21(12-13-23(19)27(2)3)26-24(30)18-8-7-9-20(25)14-18/h7-9,12-15,22H,4-6,10-11,16H2,1-3H3,(H,26,30). The molecule has 0 spiro atoms. The van der Waals surface area contributed by atoms with Gasteiger partial charge in [-0.05, 0) is 54.8 Å². The Morgan fingerprint density at radius 3 is 2.43 bits per heavy atom. The van der Waals surface area contributed by atoms with Gasteiger partial charge in [0.15, 0.2) is 0 Å². The van der Waals surface area contributed by atoms with Crippen molar-refractivity contribution in [3.63, 3.8) is 0 Å². The van der Waals surface area contributed by atoms with E-state index >= 15 is 0 Å². The number of anilines is 2. The highest BCUT2D eigenvalue weighted by Gasteiger charge is 2.24. The molecule has 0 aromatic heterocycles.